The van der Waals surface area contributed by atoms with Crippen molar-refractivity contribution in [2.24, 2.45) is 0 Å². The Bertz CT molecular complexity index is 767. The zero-order valence-electron chi connectivity index (χ0n) is 12.4. The molecule has 0 radical (unpaired) electrons. The molecule has 1 atom stereocenters. The highest BCUT2D eigenvalue weighted by molar-refractivity contribution is 7.94. The zero-order valence-corrected chi connectivity index (χ0v) is 14.0. The van der Waals surface area contributed by atoms with E-state index in [9.17, 15) is 13.2 Å². The third-order valence-corrected chi connectivity index (χ3v) is 6.57. The lowest BCUT2D eigenvalue weighted by Crippen LogP contribution is -2.40. The number of alkyl halides is 1. The van der Waals surface area contributed by atoms with Gasteiger partial charge in [-0.15, -0.1) is 0 Å². The van der Waals surface area contributed by atoms with Crippen LogP contribution >= 0.6 is 11.6 Å². The molecule has 0 aliphatic heterocycles. The molecule has 0 saturated carbocycles. The Morgan fingerprint density at radius 2 is 1.50 bits per heavy atom. The monoisotopic (exact) mass is 336 g/mol. The number of benzene rings is 2. The summed E-state index contributed by atoms with van der Waals surface area (Å²) in [5, 5.41) is 0. The lowest BCUT2D eigenvalue weighted by atomic mass is 10.0. The van der Waals surface area contributed by atoms with Gasteiger partial charge in [-0.3, -0.25) is 4.79 Å². The number of hydrogen-bond donors (Lipinski definition) is 0. The molecule has 3 nitrogen and oxygen atoms in total. The fraction of sp³-hybridized carbons (Fsp3) is 0.235. The number of ketones is 1. The van der Waals surface area contributed by atoms with Crippen molar-refractivity contribution < 1.29 is 13.2 Å². The van der Waals surface area contributed by atoms with Crippen LogP contribution in [0.15, 0.2) is 54.6 Å². The van der Waals surface area contributed by atoms with Crippen LogP contribution in [-0.4, -0.2) is 24.7 Å². The van der Waals surface area contributed by atoms with E-state index in [-0.39, 0.29) is 6.42 Å². The quantitative estimate of drug-likeness (QED) is 0.614. The number of carbonyl (C=O) groups excluding carboxylic acids is 1. The number of sulfone groups is 1. The highest BCUT2D eigenvalue weighted by Crippen LogP contribution is 2.31. The summed E-state index contributed by atoms with van der Waals surface area (Å²) in [4.78, 5) is 12.5. The SMILES string of the molecule is CC[C@@](Cl)(C(=O)c1ccc(-c2ccccc2)cc1)S(C)(=O)=O. The zero-order chi connectivity index (χ0) is 16.4. The fourth-order valence-electron chi connectivity index (χ4n) is 2.25. The van der Waals surface area contributed by atoms with Crippen molar-refractivity contribution in [1.82, 2.24) is 0 Å². The Kier molecular flexibility index (Phi) is 4.73. The van der Waals surface area contributed by atoms with Crippen LogP contribution < -0.4 is 0 Å². The Balaban J connectivity index is 2.37. The van der Waals surface area contributed by atoms with Crippen LogP contribution in [0.4, 0.5) is 0 Å². The Morgan fingerprint density at radius 1 is 1.00 bits per heavy atom. The highest BCUT2D eigenvalue weighted by Gasteiger charge is 2.44. The van der Waals surface area contributed by atoms with E-state index < -0.39 is 19.8 Å². The van der Waals surface area contributed by atoms with Gasteiger partial charge >= 0.3 is 0 Å². The smallest absolute Gasteiger partial charge is 0.207 e. The first kappa shape index (κ1) is 16.7. The molecule has 0 aliphatic rings. The second kappa shape index (κ2) is 6.23. The van der Waals surface area contributed by atoms with Crippen molar-refractivity contribution in [3.8, 4) is 11.1 Å². The second-order valence-electron chi connectivity index (χ2n) is 5.13. The third-order valence-electron chi connectivity index (χ3n) is 3.64. The van der Waals surface area contributed by atoms with Gasteiger partial charge in [0.25, 0.3) is 0 Å². The fourth-order valence-corrected chi connectivity index (χ4v) is 3.34. The summed E-state index contributed by atoms with van der Waals surface area (Å²) in [6.45, 7) is 1.59. The molecule has 2 aromatic carbocycles. The molecule has 0 aliphatic carbocycles. The summed E-state index contributed by atoms with van der Waals surface area (Å²) in [6, 6.07) is 16.5. The lowest BCUT2D eigenvalue weighted by Gasteiger charge is -2.22. The first-order valence-corrected chi connectivity index (χ1v) is 9.15. The molecule has 0 amide bonds. The van der Waals surface area contributed by atoms with Crippen molar-refractivity contribution in [1.29, 1.82) is 0 Å². The number of hydrogen-bond acceptors (Lipinski definition) is 3. The molecule has 0 heterocycles. The summed E-state index contributed by atoms with van der Waals surface area (Å²) < 4.78 is 21.8. The second-order valence-corrected chi connectivity index (χ2v) is 8.24. The molecule has 0 saturated heterocycles. The molecule has 0 N–H and O–H groups in total. The molecule has 0 spiro atoms. The predicted molar refractivity (Wildman–Crippen MR) is 89.9 cm³/mol. The lowest BCUT2D eigenvalue weighted by molar-refractivity contribution is 0.0971. The van der Waals surface area contributed by atoms with Crippen LogP contribution in [-0.2, 0) is 9.84 Å². The van der Waals surface area contributed by atoms with Gasteiger partial charge in [-0.2, -0.15) is 0 Å². The van der Waals surface area contributed by atoms with Gasteiger partial charge < -0.3 is 0 Å². The van der Waals surface area contributed by atoms with Crippen LogP contribution in [0.25, 0.3) is 11.1 Å². The van der Waals surface area contributed by atoms with Gasteiger partial charge in [0.05, 0.1) is 0 Å². The van der Waals surface area contributed by atoms with E-state index in [1.54, 1.807) is 31.2 Å². The Morgan fingerprint density at radius 3 is 1.95 bits per heavy atom. The summed E-state index contributed by atoms with van der Waals surface area (Å²) in [5.74, 6) is -0.584. The topological polar surface area (TPSA) is 51.2 Å². The molecule has 0 aromatic heterocycles. The van der Waals surface area contributed by atoms with E-state index >= 15 is 0 Å². The van der Waals surface area contributed by atoms with Crippen molar-refractivity contribution in [2.45, 2.75) is 17.6 Å². The Labute approximate surface area is 135 Å². The molecule has 0 fully saturated rings. The largest absolute Gasteiger partial charge is 0.291 e. The van der Waals surface area contributed by atoms with Gasteiger partial charge in [0.1, 0.15) is 0 Å². The number of Topliss-reactive ketones (excluding diaryl/α,β-unsaturated/α-hetero) is 1. The van der Waals surface area contributed by atoms with Crippen LogP contribution in [0, 0.1) is 0 Å². The summed E-state index contributed by atoms with van der Waals surface area (Å²) >= 11 is 6.10. The van der Waals surface area contributed by atoms with Gasteiger partial charge in [-0.1, -0.05) is 73.1 Å². The molecular formula is C17H17ClO3S. The first-order valence-electron chi connectivity index (χ1n) is 6.88. The maximum absolute atomic E-state index is 12.5. The number of rotatable bonds is 5. The molecule has 2 rings (SSSR count). The van der Waals surface area contributed by atoms with Gasteiger partial charge in [-0.05, 0) is 17.5 Å². The Hall–Kier alpha value is -1.65. The van der Waals surface area contributed by atoms with Crippen molar-refractivity contribution in [2.75, 3.05) is 6.26 Å². The number of carbonyl (C=O) groups is 1. The maximum Gasteiger partial charge on any atom is 0.207 e. The normalized spacial score (nSPS) is 14.3. The summed E-state index contributed by atoms with van der Waals surface area (Å²) in [7, 11) is -3.71. The summed E-state index contributed by atoms with van der Waals surface area (Å²) in [6.07, 6.45) is 1.01. The minimum atomic E-state index is -3.71. The van der Waals surface area contributed by atoms with Crippen LogP contribution in [0.2, 0.25) is 0 Å². The van der Waals surface area contributed by atoms with Crippen molar-refractivity contribution in [3.05, 3.63) is 60.2 Å². The van der Waals surface area contributed by atoms with E-state index in [1.165, 1.54) is 0 Å². The molecule has 5 heteroatoms. The van der Waals surface area contributed by atoms with E-state index in [1.807, 2.05) is 30.3 Å². The maximum atomic E-state index is 12.5. The minimum Gasteiger partial charge on any atom is -0.291 e. The molecular weight excluding hydrogens is 320 g/mol. The average Bonchev–Trinajstić information content (AvgIpc) is 2.53. The van der Waals surface area contributed by atoms with Gasteiger partial charge in [0.15, 0.2) is 15.6 Å². The average molecular weight is 337 g/mol. The van der Waals surface area contributed by atoms with Crippen molar-refractivity contribution in [3.63, 3.8) is 0 Å². The highest BCUT2D eigenvalue weighted by atomic mass is 35.5. The van der Waals surface area contributed by atoms with Gasteiger partial charge in [0.2, 0.25) is 4.21 Å². The molecule has 2 aromatic rings. The number of halogens is 1. The molecule has 116 valence electrons. The standard InChI is InChI=1S/C17H17ClO3S/c1-3-17(18,22(2,20)21)16(19)15-11-9-14(10-12-15)13-7-5-4-6-8-13/h4-12H,3H2,1-2H3/t17-/m0/s1. The van der Waals surface area contributed by atoms with Crippen LogP contribution in [0.5, 0.6) is 0 Å². The molecule has 0 unspecified atom stereocenters. The van der Waals surface area contributed by atoms with E-state index in [2.05, 4.69) is 0 Å². The minimum absolute atomic E-state index is 0.0205. The van der Waals surface area contributed by atoms with Crippen LogP contribution in [0.1, 0.15) is 23.7 Å². The molecule has 22 heavy (non-hydrogen) atoms. The van der Waals surface area contributed by atoms with Gasteiger partial charge in [0, 0.05) is 11.8 Å². The summed E-state index contributed by atoms with van der Waals surface area (Å²) in [5.41, 5.74) is 2.27. The first-order chi connectivity index (χ1) is 10.3. The van der Waals surface area contributed by atoms with E-state index in [0.717, 1.165) is 17.4 Å². The van der Waals surface area contributed by atoms with E-state index in [4.69, 9.17) is 11.6 Å². The predicted octanol–water partition coefficient (Wildman–Crippen LogP) is 3.93. The van der Waals surface area contributed by atoms with Crippen molar-refractivity contribution >= 4 is 27.2 Å². The third kappa shape index (κ3) is 3.08. The van der Waals surface area contributed by atoms with Crippen LogP contribution in [0.3, 0.4) is 0 Å². The van der Waals surface area contributed by atoms with Gasteiger partial charge in [-0.25, -0.2) is 8.42 Å². The van der Waals surface area contributed by atoms with E-state index in [0.29, 0.717) is 5.56 Å². The molecule has 0 bridgehead atoms.